The van der Waals surface area contributed by atoms with E-state index in [4.69, 9.17) is 10.5 Å². The minimum absolute atomic E-state index is 0.0992. The van der Waals surface area contributed by atoms with Gasteiger partial charge < -0.3 is 10.5 Å². The highest BCUT2D eigenvalue weighted by Crippen LogP contribution is 2.27. The first-order valence-electron chi connectivity index (χ1n) is 5.63. The summed E-state index contributed by atoms with van der Waals surface area (Å²) in [4.78, 5) is 3.95. The van der Waals surface area contributed by atoms with Crippen LogP contribution in [0.2, 0.25) is 0 Å². The fraction of sp³-hybridized carbons (Fsp3) is 0.154. The van der Waals surface area contributed by atoms with Crippen LogP contribution in [0.3, 0.4) is 0 Å². The zero-order valence-electron chi connectivity index (χ0n) is 10.2. The number of rotatable bonds is 4. The Balaban J connectivity index is 2.27. The highest BCUT2D eigenvalue weighted by atomic mass is 19.2. The second kappa shape index (κ2) is 5.87. The smallest absolute Gasteiger partial charge is 0.203 e. The van der Waals surface area contributed by atoms with Gasteiger partial charge in [0.2, 0.25) is 11.6 Å². The van der Waals surface area contributed by atoms with Gasteiger partial charge in [0.1, 0.15) is 6.61 Å². The molecular formula is C13H10F4N2O. The number of benzene rings is 1. The van der Waals surface area contributed by atoms with Gasteiger partial charge in [-0.3, -0.25) is 4.98 Å². The molecule has 2 rings (SSSR count). The number of halogens is 4. The summed E-state index contributed by atoms with van der Waals surface area (Å²) in [5.41, 5.74) is 6.38. The molecular weight excluding hydrogens is 276 g/mol. The summed E-state index contributed by atoms with van der Waals surface area (Å²) in [5.74, 6) is -7.31. The van der Waals surface area contributed by atoms with Crippen LogP contribution in [0.1, 0.15) is 11.3 Å². The third-order valence-corrected chi connectivity index (χ3v) is 2.62. The van der Waals surface area contributed by atoms with Crippen molar-refractivity contribution < 1.29 is 22.3 Å². The maximum absolute atomic E-state index is 13.4. The van der Waals surface area contributed by atoms with Crippen LogP contribution in [0.15, 0.2) is 24.4 Å². The van der Waals surface area contributed by atoms with E-state index in [0.717, 1.165) is 0 Å². The van der Waals surface area contributed by atoms with Gasteiger partial charge >= 0.3 is 0 Å². The molecule has 0 radical (unpaired) electrons. The fourth-order valence-corrected chi connectivity index (χ4v) is 1.61. The van der Waals surface area contributed by atoms with E-state index in [2.05, 4.69) is 4.98 Å². The van der Waals surface area contributed by atoms with E-state index in [1.807, 2.05) is 0 Å². The van der Waals surface area contributed by atoms with Gasteiger partial charge in [-0.1, -0.05) is 6.07 Å². The van der Waals surface area contributed by atoms with Crippen molar-refractivity contribution in [1.82, 2.24) is 4.98 Å². The molecule has 0 saturated carbocycles. The summed E-state index contributed by atoms with van der Waals surface area (Å²) in [6.45, 7) is -0.209. The minimum Gasteiger partial charge on any atom is -0.483 e. The quantitative estimate of drug-likeness (QED) is 0.694. The third-order valence-electron chi connectivity index (χ3n) is 2.62. The van der Waals surface area contributed by atoms with E-state index in [1.54, 1.807) is 12.1 Å². The minimum atomic E-state index is -1.58. The highest BCUT2D eigenvalue weighted by molar-refractivity contribution is 5.29. The molecule has 20 heavy (non-hydrogen) atoms. The maximum atomic E-state index is 13.4. The normalized spacial score (nSPS) is 10.7. The zero-order chi connectivity index (χ0) is 14.7. The van der Waals surface area contributed by atoms with Crippen LogP contribution in [-0.4, -0.2) is 4.98 Å². The van der Waals surface area contributed by atoms with Gasteiger partial charge in [-0.25, -0.2) is 8.78 Å². The lowest BCUT2D eigenvalue weighted by Gasteiger charge is -2.11. The molecule has 1 aromatic heterocycles. The van der Waals surface area contributed by atoms with Crippen LogP contribution in [0, 0.1) is 23.3 Å². The Kier molecular flexibility index (Phi) is 4.19. The summed E-state index contributed by atoms with van der Waals surface area (Å²) in [6.07, 6.45) is 1.49. The van der Waals surface area contributed by atoms with Crippen LogP contribution in [0.25, 0.3) is 0 Å². The second-order valence-corrected chi connectivity index (χ2v) is 3.90. The highest BCUT2D eigenvalue weighted by Gasteiger charge is 2.20. The number of ether oxygens (including phenoxy) is 1. The van der Waals surface area contributed by atoms with Crippen molar-refractivity contribution in [2.75, 3.05) is 0 Å². The SMILES string of the molecule is NCc1ncccc1COc1c(F)c(F)cc(F)c1F. The van der Waals surface area contributed by atoms with Crippen molar-refractivity contribution >= 4 is 0 Å². The number of hydrogen-bond acceptors (Lipinski definition) is 3. The van der Waals surface area contributed by atoms with E-state index >= 15 is 0 Å². The summed E-state index contributed by atoms with van der Waals surface area (Å²) < 4.78 is 57.6. The molecule has 0 fully saturated rings. The van der Waals surface area contributed by atoms with Crippen molar-refractivity contribution in [3.8, 4) is 5.75 Å². The molecule has 0 saturated heterocycles. The van der Waals surface area contributed by atoms with Gasteiger partial charge in [-0.05, 0) is 6.07 Å². The lowest BCUT2D eigenvalue weighted by atomic mass is 10.2. The molecule has 106 valence electrons. The van der Waals surface area contributed by atoms with Crippen molar-refractivity contribution in [3.05, 3.63) is 58.9 Å². The molecule has 2 N–H and O–H groups in total. The summed E-state index contributed by atoms with van der Waals surface area (Å²) in [7, 11) is 0. The Hall–Kier alpha value is -2.15. The van der Waals surface area contributed by atoms with E-state index < -0.39 is 29.0 Å². The number of hydrogen-bond donors (Lipinski definition) is 1. The van der Waals surface area contributed by atoms with Gasteiger partial charge in [-0.15, -0.1) is 0 Å². The van der Waals surface area contributed by atoms with Crippen molar-refractivity contribution in [2.45, 2.75) is 13.2 Å². The predicted octanol–water partition coefficient (Wildman–Crippen LogP) is 2.68. The summed E-state index contributed by atoms with van der Waals surface area (Å²) in [5, 5.41) is 0. The van der Waals surface area contributed by atoms with Crippen LogP contribution in [0.5, 0.6) is 5.75 Å². The Labute approximate surface area is 112 Å². The second-order valence-electron chi connectivity index (χ2n) is 3.90. The molecule has 0 bridgehead atoms. The average Bonchev–Trinajstić information content (AvgIpc) is 2.45. The number of aromatic nitrogens is 1. The maximum Gasteiger partial charge on any atom is 0.203 e. The first-order valence-corrected chi connectivity index (χ1v) is 5.63. The molecule has 3 nitrogen and oxygen atoms in total. The molecule has 7 heteroatoms. The zero-order valence-corrected chi connectivity index (χ0v) is 10.2. The Morgan fingerprint density at radius 1 is 1.10 bits per heavy atom. The molecule has 0 unspecified atom stereocenters. The lowest BCUT2D eigenvalue weighted by Crippen LogP contribution is -2.09. The molecule has 0 aliphatic carbocycles. The van der Waals surface area contributed by atoms with Gasteiger partial charge in [0.05, 0.1) is 5.69 Å². The standard InChI is InChI=1S/C13H10F4N2O/c14-8-4-9(15)12(17)13(11(8)16)20-6-7-2-1-3-19-10(7)5-18/h1-4H,5-6,18H2. The molecule has 0 amide bonds. The largest absolute Gasteiger partial charge is 0.483 e. The fourth-order valence-electron chi connectivity index (χ4n) is 1.61. The molecule has 0 spiro atoms. The summed E-state index contributed by atoms with van der Waals surface area (Å²) in [6, 6.07) is 3.28. The molecule has 0 aliphatic heterocycles. The van der Waals surface area contributed by atoms with Crippen LogP contribution < -0.4 is 10.5 Å². The Bertz CT molecular complexity index is 608. The average molecular weight is 286 g/mol. The van der Waals surface area contributed by atoms with Gasteiger partial charge in [0, 0.05) is 24.4 Å². The van der Waals surface area contributed by atoms with E-state index in [9.17, 15) is 17.6 Å². The summed E-state index contributed by atoms with van der Waals surface area (Å²) >= 11 is 0. The van der Waals surface area contributed by atoms with Gasteiger partial charge in [0.15, 0.2) is 17.4 Å². The monoisotopic (exact) mass is 286 g/mol. The first-order chi connectivity index (χ1) is 9.54. The number of nitrogens with two attached hydrogens (primary N) is 1. The molecule has 1 heterocycles. The molecule has 2 aromatic rings. The first kappa shape index (κ1) is 14.3. The lowest BCUT2D eigenvalue weighted by molar-refractivity contribution is 0.260. The Morgan fingerprint density at radius 2 is 1.75 bits per heavy atom. The molecule has 1 aromatic carbocycles. The van der Waals surface area contributed by atoms with Crippen LogP contribution >= 0.6 is 0 Å². The van der Waals surface area contributed by atoms with Crippen molar-refractivity contribution in [3.63, 3.8) is 0 Å². The molecule has 0 atom stereocenters. The van der Waals surface area contributed by atoms with Gasteiger partial charge in [-0.2, -0.15) is 8.78 Å². The molecule has 0 aliphatic rings. The van der Waals surface area contributed by atoms with Crippen molar-refractivity contribution in [1.29, 1.82) is 0 Å². The third kappa shape index (κ3) is 2.72. The number of pyridine rings is 1. The number of nitrogens with zero attached hydrogens (tertiary/aromatic N) is 1. The van der Waals surface area contributed by atoms with Crippen molar-refractivity contribution in [2.24, 2.45) is 5.73 Å². The predicted molar refractivity (Wildman–Crippen MR) is 62.7 cm³/mol. The topological polar surface area (TPSA) is 48.1 Å². The van der Waals surface area contributed by atoms with Crippen LogP contribution in [-0.2, 0) is 13.2 Å². The van der Waals surface area contributed by atoms with E-state index in [0.29, 0.717) is 11.3 Å². The Morgan fingerprint density at radius 3 is 2.35 bits per heavy atom. The van der Waals surface area contributed by atoms with Crippen LogP contribution in [0.4, 0.5) is 17.6 Å². The van der Waals surface area contributed by atoms with E-state index in [1.165, 1.54) is 6.20 Å². The van der Waals surface area contributed by atoms with Gasteiger partial charge in [0.25, 0.3) is 0 Å². The van der Waals surface area contributed by atoms with E-state index in [-0.39, 0.29) is 19.2 Å².